The summed E-state index contributed by atoms with van der Waals surface area (Å²) in [7, 11) is 0. The molecule has 0 atom stereocenters. The van der Waals surface area contributed by atoms with E-state index in [9.17, 15) is 0 Å². The molecule has 0 radical (unpaired) electrons. The summed E-state index contributed by atoms with van der Waals surface area (Å²) in [6, 6.07) is 59.0. The molecule has 1 heterocycles. The van der Waals surface area contributed by atoms with Crippen LogP contribution in [0.4, 0.5) is 0 Å². The van der Waals surface area contributed by atoms with E-state index < -0.39 is 0 Å². The van der Waals surface area contributed by atoms with Crippen LogP contribution in [-0.4, -0.2) is 0 Å². The molecule has 9 aromatic carbocycles. The van der Waals surface area contributed by atoms with Gasteiger partial charge in [-0.15, -0.1) is 0 Å². The van der Waals surface area contributed by atoms with Crippen LogP contribution in [-0.2, 0) is 10.8 Å². The molecule has 55 heavy (non-hydrogen) atoms. The van der Waals surface area contributed by atoms with Crippen molar-refractivity contribution in [2.45, 2.75) is 38.5 Å². The molecule has 260 valence electrons. The summed E-state index contributed by atoms with van der Waals surface area (Å²) >= 11 is 0. The number of hydrogen-bond donors (Lipinski definition) is 0. The van der Waals surface area contributed by atoms with E-state index in [4.69, 9.17) is 4.42 Å². The van der Waals surface area contributed by atoms with Crippen molar-refractivity contribution >= 4 is 54.3 Å². The van der Waals surface area contributed by atoms with Crippen LogP contribution in [0.15, 0.2) is 162 Å². The molecule has 12 rings (SSSR count). The first-order chi connectivity index (χ1) is 26.8. The van der Waals surface area contributed by atoms with Gasteiger partial charge in [0.25, 0.3) is 0 Å². The molecular formula is C54H38O. The van der Waals surface area contributed by atoms with Gasteiger partial charge >= 0.3 is 0 Å². The van der Waals surface area contributed by atoms with Crippen LogP contribution < -0.4 is 0 Å². The number of hydrogen-bond acceptors (Lipinski definition) is 1. The average Bonchev–Trinajstić information content (AvgIpc) is 3.79. The van der Waals surface area contributed by atoms with E-state index in [-0.39, 0.29) is 10.8 Å². The summed E-state index contributed by atoms with van der Waals surface area (Å²) < 4.78 is 6.92. The molecule has 2 aliphatic rings. The number of rotatable bonds is 2. The molecular weight excluding hydrogens is 665 g/mol. The molecule has 0 saturated carbocycles. The molecule has 0 unspecified atom stereocenters. The molecule has 0 N–H and O–H groups in total. The van der Waals surface area contributed by atoms with Crippen molar-refractivity contribution in [3.05, 3.63) is 180 Å². The van der Waals surface area contributed by atoms with Gasteiger partial charge in [-0.05, 0) is 112 Å². The summed E-state index contributed by atoms with van der Waals surface area (Å²) in [5, 5.41) is 9.83. The first kappa shape index (κ1) is 31.0. The zero-order valence-electron chi connectivity index (χ0n) is 31.4. The Bertz CT molecular complexity index is 3260. The molecule has 0 saturated heterocycles. The lowest BCUT2D eigenvalue weighted by Crippen LogP contribution is -2.15. The fourth-order valence-corrected chi connectivity index (χ4v) is 10.6. The quantitative estimate of drug-likeness (QED) is 0.163. The van der Waals surface area contributed by atoms with Gasteiger partial charge in [-0.2, -0.15) is 0 Å². The summed E-state index contributed by atoms with van der Waals surface area (Å²) in [5.74, 6) is 0. The Morgan fingerprint density at radius 1 is 0.345 bits per heavy atom. The van der Waals surface area contributed by atoms with Gasteiger partial charge in [0, 0.05) is 32.6 Å². The average molecular weight is 703 g/mol. The van der Waals surface area contributed by atoms with Crippen LogP contribution in [0, 0.1) is 0 Å². The van der Waals surface area contributed by atoms with Crippen LogP contribution in [0.3, 0.4) is 0 Å². The van der Waals surface area contributed by atoms with Crippen molar-refractivity contribution in [1.29, 1.82) is 0 Å². The number of furan rings is 1. The predicted octanol–water partition coefficient (Wildman–Crippen LogP) is 15.0. The lowest BCUT2D eigenvalue weighted by molar-refractivity contribution is 0.621. The fraction of sp³-hybridized carbons (Fsp3) is 0.111. The maximum absolute atomic E-state index is 6.92. The largest absolute Gasteiger partial charge is 0.455 e. The lowest BCUT2D eigenvalue weighted by Gasteiger charge is -2.22. The van der Waals surface area contributed by atoms with Gasteiger partial charge in [0.2, 0.25) is 0 Å². The Labute approximate surface area is 320 Å². The van der Waals surface area contributed by atoms with Crippen LogP contribution in [0.2, 0.25) is 0 Å². The molecule has 0 aliphatic heterocycles. The van der Waals surface area contributed by atoms with E-state index in [0.717, 1.165) is 16.6 Å². The Hall–Kier alpha value is -6.44. The van der Waals surface area contributed by atoms with Gasteiger partial charge in [0.1, 0.15) is 11.2 Å². The molecule has 0 spiro atoms. The first-order valence-electron chi connectivity index (χ1n) is 19.5. The highest BCUT2D eigenvalue weighted by Gasteiger charge is 2.39. The van der Waals surface area contributed by atoms with E-state index in [1.165, 1.54) is 104 Å². The third kappa shape index (κ3) is 3.98. The summed E-state index contributed by atoms with van der Waals surface area (Å²) in [6.45, 7) is 9.43. The van der Waals surface area contributed by atoms with Crippen molar-refractivity contribution in [3.8, 4) is 44.5 Å². The minimum absolute atomic E-state index is 0.0240. The molecule has 0 bridgehead atoms. The molecule has 2 aliphatic carbocycles. The molecule has 0 fully saturated rings. The predicted molar refractivity (Wildman–Crippen MR) is 232 cm³/mol. The van der Waals surface area contributed by atoms with Crippen LogP contribution >= 0.6 is 0 Å². The maximum atomic E-state index is 6.92. The second-order valence-corrected chi connectivity index (χ2v) is 16.8. The van der Waals surface area contributed by atoms with Gasteiger partial charge in [0.05, 0.1) is 0 Å². The van der Waals surface area contributed by atoms with Gasteiger partial charge in [-0.3, -0.25) is 0 Å². The highest BCUT2D eigenvalue weighted by Crippen LogP contribution is 2.55. The number of fused-ring (bicyclic) bond motifs is 14. The smallest absolute Gasteiger partial charge is 0.143 e. The Balaban J connectivity index is 1.08. The van der Waals surface area contributed by atoms with Crippen molar-refractivity contribution in [1.82, 2.24) is 0 Å². The number of benzene rings is 9. The van der Waals surface area contributed by atoms with Crippen LogP contribution in [0.5, 0.6) is 0 Å². The minimum Gasteiger partial charge on any atom is -0.455 e. The zero-order chi connectivity index (χ0) is 36.8. The second-order valence-electron chi connectivity index (χ2n) is 16.8. The van der Waals surface area contributed by atoms with Crippen LogP contribution in [0.25, 0.3) is 98.8 Å². The van der Waals surface area contributed by atoms with Crippen molar-refractivity contribution in [2.75, 3.05) is 0 Å². The van der Waals surface area contributed by atoms with Gasteiger partial charge in [-0.25, -0.2) is 0 Å². The maximum Gasteiger partial charge on any atom is 0.143 e. The lowest BCUT2D eigenvalue weighted by atomic mass is 9.80. The third-order valence-electron chi connectivity index (χ3n) is 13.2. The van der Waals surface area contributed by atoms with Crippen LogP contribution in [0.1, 0.15) is 49.9 Å². The van der Waals surface area contributed by atoms with Gasteiger partial charge in [0.15, 0.2) is 0 Å². The normalized spacial score (nSPS) is 14.8. The third-order valence-corrected chi connectivity index (χ3v) is 13.2. The molecule has 1 heteroatoms. The van der Waals surface area contributed by atoms with Gasteiger partial charge < -0.3 is 4.42 Å². The van der Waals surface area contributed by atoms with E-state index in [0.29, 0.717) is 0 Å². The summed E-state index contributed by atoms with van der Waals surface area (Å²) in [5.41, 5.74) is 17.5. The Kier molecular flexibility index (Phi) is 5.98. The zero-order valence-corrected chi connectivity index (χ0v) is 31.4. The first-order valence-corrected chi connectivity index (χ1v) is 19.5. The van der Waals surface area contributed by atoms with Crippen molar-refractivity contribution in [2.24, 2.45) is 0 Å². The topological polar surface area (TPSA) is 13.1 Å². The van der Waals surface area contributed by atoms with E-state index >= 15 is 0 Å². The minimum atomic E-state index is -0.221. The Morgan fingerprint density at radius 2 is 0.836 bits per heavy atom. The van der Waals surface area contributed by atoms with Gasteiger partial charge in [-0.1, -0.05) is 161 Å². The molecule has 1 aromatic heterocycles. The van der Waals surface area contributed by atoms with E-state index in [2.05, 4.69) is 185 Å². The van der Waals surface area contributed by atoms with E-state index in [1.807, 2.05) is 0 Å². The summed E-state index contributed by atoms with van der Waals surface area (Å²) in [4.78, 5) is 0. The van der Waals surface area contributed by atoms with E-state index in [1.54, 1.807) is 0 Å². The highest BCUT2D eigenvalue weighted by molar-refractivity contribution is 6.22. The Morgan fingerprint density at radius 3 is 1.49 bits per heavy atom. The molecule has 10 aromatic rings. The standard InChI is InChI=1S/C54H38O/c1-53(2)45-20-12-11-15-35(45)43-29-32(22-27-46(43)53)48-36-16-7-9-18-38(36)49(39-19-10-8-17-37(39)48)33-23-28-47-44(30-33)40-25-26-42-41-24-21-31-13-5-6-14-34(31)51(41)55-52(42)50(40)54(47,3)4/h5-30H,1-4H3. The molecule has 1 nitrogen and oxygen atoms in total. The monoisotopic (exact) mass is 702 g/mol. The second kappa shape index (κ2) is 10.6. The SMILES string of the molecule is CC1(C)c2ccccc2-c2cc(-c3c4ccccc4c(-c4ccc5c(c4)-c4ccc6c(oc7c8ccccc8ccc67)c4C5(C)C)c4ccccc34)ccc21. The summed E-state index contributed by atoms with van der Waals surface area (Å²) in [6.07, 6.45) is 0. The van der Waals surface area contributed by atoms with Crippen molar-refractivity contribution < 1.29 is 4.42 Å². The molecule has 0 amide bonds. The highest BCUT2D eigenvalue weighted by atomic mass is 16.3. The fourth-order valence-electron chi connectivity index (χ4n) is 10.6. The van der Waals surface area contributed by atoms with Crippen molar-refractivity contribution in [3.63, 3.8) is 0 Å².